The first-order valence-electron chi connectivity index (χ1n) is 11.0. The first-order chi connectivity index (χ1) is 13.7. The molecule has 7 nitrogen and oxygen atoms in total. The molecular weight excluding hydrogens is 352 g/mol. The van der Waals surface area contributed by atoms with Gasteiger partial charge in [-0.15, -0.1) is 0 Å². The molecule has 7 heteroatoms. The Morgan fingerprint density at radius 1 is 1.11 bits per heavy atom. The minimum atomic E-state index is 0.249. The van der Waals surface area contributed by atoms with Crippen LogP contribution in [0.25, 0.3) is 11.0 Å². The molecule has 0 spiro atoms. The molecule has 2 aromatic rings. The minimum Gasteiger partial charge on any atom is -0.396 e. The highest BCUT2D eigenvalue weighted by molar-refractivity contribution is 5.87. The fourth-order valence-corrected chi connectivity index (χ4v) is 5.01. The van der Waals surface area contributed by atoms with Crippen LogP contribution in [0.1, 0.15) is 56.7 Å². The number of aliphatic hydroxyl groups excluding tert-OH is 1. The van der Waals surface area contributed by atoms with E-state index < -0.39 is 0 Å². The topological polar surface area (TPSA) is 70.3 Å². The van der Waals surface area contributed by atoms with E-state index in [1.807, 2.05) is 17.9 Å². The Morgan fingerprint density at radius 3 is 2.68 bits per heavy atom. The second-order valence-corrected chi connectivity index (χ2v) is 8.94. The molecule has 152 valence electrons. The van der Waals surface area contributed by atoms with Gasteiger partial charge in [-0.1, -0.05) is 12.8 Å². The fraction of sp³-hybridized carbons (Fsp3) is 0.762. The maximum Gasteiger partial charge on any atom is 0.163 e. The summed E-state index contributed by atoms with van der Waals surface area (Å²) in [4.78, 5) is 15.0. The van der Waals surface area contributed by atoms with E-state index in [0.29, 0.717) is 12.0 Å². The molecule has 1 aliphatic heterocycles. The number of aliphatic hydroxyl groups is 1. The number of aromatic nitrogens is 4. The summed E-state index contributed by atoms with van der Waals surface area (Å²) in [7, 11) is 1.97. The highest BCUT2D eigenvalue weighted by Gasteiger charge is 2.33. The Balaban J connectivity index is 1.45. The van der Waals surface area contributed by atoms with Crippen LogP contribution in [-0.2, 0) is 7.05 Å². The molecular formula is C21H32N6O. The molecule has 3 aliphatic rings. The van der Waals surface area contributed by atoms with Gasteiger partial charge in [0.25, 0.3) is 0 Å². The van der Waals surface area contributed by atoms with Crippen molar-refractivity contribution in [2.24, 2.45) is 13.0 Å². The van der Waals surface area contributed by atoms with E-state index in [4.69, 9.17) is 9.97 Å². The molecule has 5 rings (SSSR count). The highest BCUT2D eigenvalue weighted by Crippen LogP contribution is 2.36. The molecule has 0 unspecified atom stereocenters. The van der Waals surface area contributed by atoms with Gasteiger partial charge in [0.2, 0.25) is 0 Å². The third-order valence-corrected chi connectivity index (χ3v) is 6.87. The summed E-state index contributed by atoms with van der Waals surface area (Å²) >= 11 is 0. The Morgan fingerprint density at radius 2 is 1.93 bits per heavy atom. The number of hydrogen-bond donors (Lipinski definition) is 1. The number of aryl methyl sites for hydroxylation is 1. The summed E-state index contributed by atoms with van der Waals surface area (Å²) in [6.45, 7) is 4.40. The first kappa shape index (κ1) is 18.3. The van der Waals surface area contributed by atoms with Gasteiger partial charge in [0.1, 0.15) is 11.6 Å². The molecule has 1 N–H and O–H groups in total. The van der Waals surface area contributed by atoms with Gasteiger partial charge in [0.05, 0.1) is 11.6 Å². The van der Waals surface area contributed by atoms with Crippen LogP contribution in [0.5, 0.6) is 0 Å². The molecule has 1 saturated heterocycles. The van der Waals surface area contributed by atoms with Gasteiger partial charge in [-0.05, 0) is 38.0 Å². The van der Waals surface area contributed by atoms with Crippen molar-refractivity contribution < 1.29 is 5.11 Å². The van der Waals surface area contributed by atoms with E-state index in [9.17, 15) is 5.11 Å². The van der Waals surface area contributed by atoms with Crippen LogP contribution in [0, 0.1) is 5.92 Å². The van der Waals surface area contributed by atoms with Gasteiger partial charge < -0.3 is 10.0 Å². The van der Waals surface area contributed by atoms with Crippen molar-refractivity contribution >= 4 is 16.9 Å². The quantitative estimate of drug-likeness (QED) is 0.824. The molecule has 2 saturated carbocycles. The fourth-order valence-electron chi connectivity index (χ4n) is 5.01. The highest BCUT2D eigenvalue weighted by atomic mass is 16.3. The van der Waals surface area contributed by atoms with Crippen molar-refractivity contribution in [2.75, 3.05) is 37.7 Å². The maximum atomic E-state index is 9.62. The standard InChI is InChI=1S/C21H32N6O/c1-25-20-18(12-22-25)21(24-19(23-20)16-4-2-3-5-16)27-10-9-26(13-15-6-7-15)17(14-27)8-11-28/h12,15-17,28H,2-11,13-14H2,1H3/t17-/m0/s1. The van der Waals surface area contributed by atoms with E-state index in [-0.39, 0.29) is 6.61 Å². The van der Waals surface area contributed by atoms with E-state index in [0.717, 1.165) is 54.6 Å². The normalized spacial score (nSPS) is 24.5. The second kappa shape index (κ2) is 7.59. The minimum absolute atomic E-state index is 0.249. The third-order valence-electron chi connectivity index (χ3n) is 6.87. The molecule has 3 fully saturated rings. The van der Waals surface area contributed by atoms with Crippen molar-refractivity contribution in [2.45, 2.75) is 56.9 Å². The van der Waals surface area contributed by atoms with Crippen LogP contribution in [-0.4, -0.2) is 68.6 Å². The summed E-state index contributed by atoms with van der Waals surface area (Å²) < 4.78 is 1.88. The van der Waals surface area contributed by atoms with Gasteiger partial charge >= 0.3 is 0 Å². The lowest BCUT2D eigenvalue weighted by Gasteiger charge is -2.42. The molecule has 2 aromatic heterocycles. The maximum absolute atomic E-state index is 9.62. The smallest absolute Gasteiger partial charge is 0.163 e. The lowest BCUT2D eigenvalue weighted by atomic mass is 10.1. The van der Waals surface area contributed by atoms with E-state index in [1.54, 1.807) is 0 Å². The number of hydrogen-bond acceptors (Lipinski definition) is 6. The van der Waals surface area contributed by atoms with E-state index in [1.165, 1.54) is 45.1 Å². The summed E-state index contributed by atoms with van der Waals surface area (Å²) in [5.74, 6) is 3.42. The van der Waals surface area contributed by atoms with Crippen LogP contribution >= 0.6 is 0 Å². The molecule has 0 radical (unpaired) electrons. The van der Waals surface area contributed by atoms with Crippen molar-refractivity contribution in [3.63, 3.8) is 0 Å². The lowest BCUT2D eigenvalue weighted by molar-refractivity contribution is 0.137. The van der Waals surface area contributed by atoms with Gasteiger partial charge in [-0.3, -0.25) is 9.58 Å². The average molecular weight is 385 g/mol. The van der Waals surface area contributed by atoms with Crippen molar-refractivity contribution in [3.8, 4) is 0 Å². The number of rotatable bonds is 6. The SMILES string of the molecule is Cn1ncc2c(N3CCN(CC4CC4)[C@@H](CCO)C3)nc(C3CCCC3)nc21. The number of fused-ring (bicyclic) bond motifs is 1. The average Bonchev–Trinajstić information content (AvgIpc) is 3.20. The van der Waals surface area contributed by atoms with Gasteiger partial charge in [-0.25, -0.2) is 9.97 Å². The molecule has 28 heavy (non-hydrogen) atoms. The van der Waals surface area contributed by atoms with Crippen molar-refractivity contribution in [1.29, 1.82) is 0 Å². The zero-order chi connectivity index (χ0) is 19.1. The Bertz CT molecular complexity index is 826. The molecule has 0 bridgehead atoms. The summed E-state index contributed by atoms with van der Waals surface area (Å²) in [6, 6.07) is 0.399. The zero-order valence-electron chi connectivity index (χ0n) is 16.9. The van der Waals surface area contributed by atoms with Crippen LogP contribution < -0.4 is 4.90 Å². The first-order valence-corrected chi connectivity index (χ1v) is 11.0. The Labute approximate surface area is 166 Å². The predicted molar refractivity (Wildman–Crippen MR) is 110 cm³/mol. The molecule has 3 heterocycles. The number of piperazine rings is 1. The number of nitrogens with zero attached hydrogens (tertiary/aromatic N) is 6. The lowest BCUT2D eigenvalue weighted by Crippen LogP contribution is -2.54. The largest absolute Gasteiger partial charge is 0.396 e. The van der Waals surface area contributed by atoms with E-state index in [2.05, 4.69) is 14.9 Å². The molecule has 0 aromatic carbocycles. The Kier molecular flexibility index (Phi) is 4.97. The van der Waals surface area contributed by atoms with Crippen molar-refractivity contribution in [3.05, 3.63) is 12.0 Å². The summed E-state index contributed by atoms with van der Waals surface area (Å²) in [5, 5.41) is 15.2. The zero-order valence-corrected chi connectivity index (χ0v) is 16.9. The third kappa shape index (κ3) is 3.50. The van der Waals surface area contributed by atoms with Crippen LogP contribution in [0.4, 0.5) is 5.82 Å². The monoisotopic (exact) mass is 384 g/mol. The van der Waals surface area contributed by atoms with Crippen molar-refractivity contribution in [1.82, 2.24) is 24.6 Å². The Hall–Kier alpha value is -1.73. The van der Waals surface area contributed by atoms with Crippen LogP contribution in [0.2, 0.25) is 0 Å². The number of anilines is 1. The van der Waals surface area contributed by atoms with Gasteiger partial charge in [0, 0.05) is 51.8 Å². The molecule has 0 amide bonds. The predicted octanol–water partition coefficient (Wildman–Crippen LogP) is 2.30. The van der Waals surface area contributed by atoms with Crippen LogP contribution in [0.3, 0.4) is 0 Å². The molecule has 2 aliphatic carbocycles. The second-order valence-electron chi connectivity index (χ2n) is 8.94. The molecule has 1 atom stereocenters. The van der Waals surface area contributed by atoms with E-state index >= 15 is 0 Å². The summed E-state index contributed by atoms with van der Waals surface area (Å²) in [5.41, 5.74) is 0.950. The van der Waals surface area contributed by atoms with Crippen LogP contribution in [0.15, 0.2) is 6.20 Å². The van der Waals surface area contributed by atoms with Gasteiger partial charge in [0.15, 0.2) is 5.65 Å². The van der Waals surface area contributed by atoms with Gasteiger partial charge in [-0.2, -0.15) is 5.10 Å². The summed E-state index contributed by atoms with van der Waals surface area (Å²) in [6.07, 6.45) is 10.5.